The summed E-state index contributed by atoms with van der Waals surface area (Å²) in [7, 11) is 0. The van der Waals surface area contributed by atoms with Crippen LogP contribution in [-0.2, 0) is 6.42 Å². The number of halogens is 1. The van der Waals surface area contributed by atoms with Crippen molar-refractivity contribution in [1.82, 2.24) is 4.90 Å². The maximum absolute atomic E-state index is 12.3. The van der Waals surface area contributed by atoms with E-state index in [1.165, 1.54) is 5.56 Å². The molecular weight excluding hydrogens is 290 g/mol. The molecule has 1 aromatic rings. The topological polar surface area (TPSA) is 20.3 Å². The number of carbonyl (C=O) groups is 1. The van der Waals surface area contributed by atoms with Gasteiger partial charge in [-0.15, -0.1) is 0 Å². The Morgan fingerprint density at radius 1 is 1.17 bits per heavy atom. The van der Waals surface area contributed by atoms with Gasteiger partial charge in [-0.25, -0.2) is 0 Å². The minimum atomic E-state index is 0.144. The highest BCUT2D eigenvalue weighted by molar-refractivity contribution is 9.09. The van der Waals surface area contributed by atoms with Gasteiger partial charge in [-0.1, -0.05) is 48.3 Å². The number of rotatable bonds is 7. The summed E-state index contributed by atoms with van der Waals surface area (Å²) in [5, 5.41) is 0.829. The fourth-order valence-corrected chi connectivity index (χ4v) is 2.26. The van der Waals surface area contributed by atoms with E-state index >= 15 is 0 Å². The van der Waals surface area contributed by atoms with E-state index in [1.807, 2.05) is 29.2 Å². The summed E-state index contributed by atoms with van der Waals surface area (Å²) >= 11 is 3.41. The number of unbranched alkanes of at least 4 members (excludes halogenated alkanes) is 1. The Morgan fingerprint density at radius 3 is 2.33 bits per heavy atom. The molecule has 0 fully saturated rings. The maximum atomic E-state index is 12.3. The van der Waals surface area contributed by atoms with Gasteiger partial charge in [0, 0.05) is 24.0 Å². The zero-order chi connectivity index (χ0) is 13.4. The number of alkyl halides is 1. The zero-order valence-corrected chi connectivity index (χ0v) is 12.9. The smallest absolute Gasteiger partial charge is 0.253 e. The molecular formula is C15H22BrNO. The van der Waals surface area contributed by atoms with Crippen molar-refractivity contribution < 1.29 is 4.79 Å². The zero-order valence-electron chi connectivity index (χ0n) is 11.3. The third kappa shape index (κ3) is 4.45. The second kappa shape index (κ2) is 8.30. The van der Waals surface area contributed by atoms with Gasteiger partial charge in [-0.2, -0.15) is 0 Å². The lowest BCUT2D eigenvalue weighted by Crippen LogP contribution is -2.33. The second-order valence-electron chi connectivity index (χ2n) is 4.39. The normalized spacial score (nSPS) is 10.4. The van der Waals surface area contributed by atoms with Crippen LogP contribution in [0.25, 0.3) is 0 Å². The Bertz CT molecular complexity index is 361. The molecule has 0 atom stereocenters. The molecule has 0 aliphatic heterocycles. The van der Waals surface area contributed by atoms with Gasteiger partial charge < -0.3 is 4.90 Å². The number of carbonyl (C=O) groups excluding carboxylic acids is 1. The van der Waals surface area contributed by atoms with Crippen LogP contribution in [-0.4, -0.2) is 29.2 Å². The van der Waals surface area contributed by atoms with Crippen LogP contribution in [0.15, 0.2) is 24.3 Å². The third-order valence-electron chi connectivity index (χ3n) is 3.03. The first-order valence-electron chi connectivity index (χ1n) is 6.67. The van der Waals surface area contributed by atoms with Gasteiger partial charge in [0.2, 0.25) is 0 Å². The summed E-state index contributed by atoms with van der Waals surface area (Å²) in [6.07, 6.45) is 3.18. The highest BCUT2D eigenvalue weighted by Gasteiger charge is 2.14. The molecule has 18 heavy (non-hydrogen) atoms. The van der Waals surface area contributed by atoms with Crippen LogP contribution in [0.4, 0.5) is 0 Å². The van der Waals surface area contributed by atoms with E-state index in [1.54, 1.807) is 0 Å². The van der Waals surface area contributed by atoms with Crippen LogP contribution < -0.4 is 0 Å². The summed E-state index contributed by atoms with van der Waals surface area (Å²) in [6.45, 7) is 5.88. The summed E-state index contributed by atoms with van der Waals surface area (Å²) in [6, 6.07) is 7.96. The molecule has 0 aliphatic rings. The Morgan fingerprint density at radius 2 is 1.83 bits per heavy atom. The fraction of sp³-hybridized carbons (Fsp3) is 0.533. The lowest BCUT2D eigenvalue weighted by Gasteiger charge is -2.21. The predicted molar refractivity (Wildman–Crippen MR) is 80.4 cm³/mol. The second-order valence-corrected chi connectivity index (χ2v) is 5.18. The minimum Gasteiger partial charge on any atom is -0.338 e. The molecule has 1 rings (SSSR count). The van der Waals surface area contributed by atoms with Gasteiger partial charge in [0.1, 0.15) is 0 Å². The van der Waals surface area contributed by atoms with Gasteiger partial charge in [-0.3, -0.25) is 4.79 Å². The van der Waals surface area contributed by atoms with Crippen molar-refractivity contribution in [1.29, 1.82) is 0 Å². The molecule has 0 aliphatic carbocycles. The molecule has 0 N–H and O–H groups in total. The molecule has 0 unspecified atom stereocenters. The molecule has 0 heterocycles. The molecule has 0 saturated carbocycles. The lowest BCUT2D eigenvalue weighted by atomic mass is 10.1. The summed E-state index contributed by atoms with van der Waals surface area (Å²) in [5.41, 5.74) is 2.07. The monoisotopic (exact) mass is 311 g/mol. The molecule has 100 valence electrons. The SMILES string of the molecule is CCCCN(CCBr)C(=O)c1ccc(CC)cc1. The summed E-state index contributed by atoms with van der Waals surface area (Å²) in [5.74, 6) is 0.144. The van der Waals surface area contributed by atoms with Crippen molar-refractivity contribution in [3.05, 3.63) is 35.4 Å². The highest BCUT2D eigenvalue weighted by atomic mass is 79.9. The Labute approximate surface area is 119 Å². The molecule has 0 saturated heterocycles. The van der Waals surface area contributed by atoms with E-state index in [9.17, 15) is 4.79 Å². The summed E-state index contributed by atoms with van der Waals surface area (Å²) < 4.78 is 0. The minimum absolute atomic E-state index is 0.144. The molecule has 2 nitrogen and oxygen atoms in total. The Hall–Kier alpha value is -0.830. The van der Waals surface area contributed by atoms with Crippen LogP contribution in [0.1, 0.15) is 42.6 Å². The van der Waals surface area contributed by atoms with Crippen molar-refractivity contribution in [3.8, 4) is 0 Å². The molecule has 3 heteroatoms. The molecule has 0 radical (unpaired) electrons. The average molecular weight is 312 g/mol. The van der Waals surface area contributed by atoms with E-state index in [0.717, 1.165) is 43.2 Å². The maximum Gasteiger partial charge on any atom is 0.253 e. The van der Waals surface area contributed by atoms with E-state index < -0.39 is 0 Å². The fourth-order valence-electron chi connectivity index (χ4n) is 1.83. The lowest BCUT2D eigenvalue weighted by molar-refractivity contribution is 0.0764. The van der Waals surface area contributed by atoms with E-state index in [0.29, 0.717) is 0 Å². The first-order chi connectivity index (χ1) is 8.72. The van der Waals surface area contributed by atoms with Gasteiger partial charge in [0.15, 0.2) is 0 Å². The molecule has 0 aromatic heterocycles. The van der Waals surface area contributed by atoms with Crippen LogP contribution in [0, 0.1) is 0 Å². The molecule has 1 amide bonds. The number of hydrogen-bond acceptors (Lipinski definition) is 1. The number of benzene rings is 1. The largest absolute Gasteiger partial charge is 0.338 e. The van der Waals surface area contributed by atoms with Crippen molar-refractivity contribution in [3.63, 3.8) is 0 Å². The van der Waals surface area contributed by atoms with Crippen LogP contribution in [0.3, 0.4) is 0 Å². The Balaban J connectivity index is 2.73. The van der Waals surface area contributed by atoms with Crippen LogP contribution >= 0.6 is 15.9 Å². The van der Waals surface area contributed by atoms with E-state index in [-0.39, 0.29) is 5.91 Å². The molecule has 0 bridgehead atoms. The average Bonchev–Trinajstić information content (AvgIpc) is 2.43. The quantitative estimate of drug-likeness (QED) is 0.700. The van der Waals surface area contributed by atoms with Crippen LogP contribution in [0.5, 0.6) is 0 Å². The standard InChI is InChI=1S/C15H22BrNO/c1-3-5-11-17(12-10-16)15(18)14-8-6-13(4-2)7-9-14/h6-9H,3-5,10-12H2,1-2H3. The number of hydrogen-bond donors (Lipinski definition) is 0. The van der Waals surface area contributed by atoms with Gasteiger partial charge >= 0.3 is 0 Å². The summed E-state index contributed by atoms with van der Waals surface area (Å²) in [4.78, 5) is 14.3. The number of nitrogens with zero attached hydrogens (tertiary/aromatic N) is 1. The first kappa shape index (κ1) is 15.2. The van der Waals surface area contributed by atoms with Crippen molar-refractivity contribution >= 4 is 21.8 Å². The molecule has 0 spiro atoms. The third-order valence-corrected chi connectivity index (χ3v) is 3.39. The highest BCUT2D eigenvalue weighted by Crippen LogP contribution is 2.09. The van der Waals surface area contributed by atoms with Gasteiger partial charge in [0.25, 0.3) is 5.91 Å². The number of amides is 1. The van der Waals surface area contributed by atoms with E-state index in [4.69, 9.17) is 0 Å². The Kier molecular flexibility index (Phi) is 7.02. The van der Waals surface area contributed by atoms with Gasteiger partial charge in [0.05, 0.1) is 0 Å². The van der Waals surface area contributed by atoms with E-state index in [2.05, 4.69) is 29.8 Å². The van der Waals surface area contributed by atoms with Crippen LogP contribution in [0.2, 0.25) is 0 Å². The van der Waals surface area contributed by atoms with Crippen molar-refractivity contribution in [2.75, 3.05) is 18.4 Å². The first-order valence-corrected chi connectivity index (χ1v) is 7.79. The number of aryl methyl sites for hydroxylation is 1. The van der Waals surface area contributed by atoms with Gasteiger partial charge in [-0.05, 0) is 30.5 Å². The predicted octanol–water partition coefficient (Wildman–Crippen LogP) is 3.89. The van der Waals surface area contributed by atoms with Crippen molar-refractivity contribution in [2.24, 2.45) is 0 Å². The molecule has 1 aromatic carbocycles. The van der Waals surface area contributed by atoms with Crippen molar-refractivity contribution in [2.45, 2.75) is 33.1 Å².